The van der Waals surface area contributed by atoms with Crippen LogP contribution in [0.25, 0.3) is 0 Å². The van der Waals surface area contributed by atoms with Crippen molar-refractivity contribution in [2.45, 2.75) is 13.8 Å². The molecule has 0 fully saturated rings. The van der Waals surface area contributed by atoms with Crippen LogP contribution in [0.3, 0.4) is 0 Å². The zero-order valence-electron chi connectivity index (χ0n) is 13.0. The van der Waals surface area contributed by atoms with E-state index in [9.17, 15) is 4.79 Å². The van der Waals surface area contributed by atoms with Crippen LogP contribution >= 0.6 is 0 Å². The number of hydrogen-bond acceptors (Lipinski definition) is 5. The van der Waals surface area contributed by atoms with E-state index in [4.69, 9.17) is 18.9 Å². The number of ketones is 1. The molecular formula is C16H24O5. The highest BCUT2D eigenvalue weighted by Gasteiger charge is 2.04. The van der Waals surface area contributed by atoms with Gasteiger partial charge in [-0.3, -0.25) is 4.79 Å². The van der Waals surface area contributed by atoms with Gasteiger partial charge in [0.2, 0.25) is 0 Å². The van der Waals surface area contributed by atoms with Crippen molar-refractivity contribution >= 4 is 5.78 Å². The Morgan fingerprint density at radius 1 is 1.00 bits per heavy atom. The zero-order chi connectivity index (χ0) is 15.5. The van der Waals surface area contributed by atoms with Crippen molar-refractivity contribution < 1.29 is 23.7 Å². The molecule has 0 atom stereocenters. The largest absolute Gasteiger partial charge is 0.491 e. The first-order valence-electron chi connectivity index (χ1n) is 7.04. The van der Waals surface area contributed by atoms with Crippen molar-refractivity contribution in [1.29, 1.82) is 0 Å². The van der Waals surface area contributed by atoms with Gasteiger partial charge >= 0.3 is 0 Å². The standard InChI is InChI=1S/C16H24O5/c1-13-12-15(14(2)17)4-5-16(13)21-11-10-20-9-8-19-7-6-18-3/h4-5,12H,6-11H2,1-3H3. The second kappa shape index (κ2) is 10.3. The summed E-state index contributed by atoms with van der Waals surface area (Å²) >= 11 is 0. The smallest absolute Gasteiger partial charge is 0.159 e. The van der Waals surface area contributed by atoms with Crippen LogP contribution in [0, 0.1) is 6.92 Å². The van der Waals surface area contributed by atoms with Crippen LogP contribution in [0.1, 0.15) is 22.8 Å². The van der Waals surface area contributed by atoms with E-state index in [1.807, 2.05) is 19.1 Å². The predicted octanol–water partition coefficient (Wildman–Crippen LogP) is 2.26. The SMILES string of the molecule is COCCOCCOCCOc1ccc(C(C)=O)cc1C. The summed E-state index contributed by atoms with van der Waals surface area (Å²) in [5.74, 6) is 0.835. The highest BCUT2D eigenvalue weighted by molar-refractivity contribution is 5.94. The predicted molar refractivity (Wildman–Crippen MR) is 80.2 cm³/mol. The Balaban J connectivity index is 2.14. The molecule has 5 nitrogen and oxygen atoms in total. The van der Waals surface area contributed by atoms with Gasteiger partial charge in [-0.25, -0.2) is 0 Å². The molecule has 0 heterocycles. The zero-order valence-corrected chi connectivity index (χ0v) is 13.0. The molecule has 0 N–H and O–H groups in total. The highest BCUT2D eigenvalue weighted by atomic mass is 16.6. The number of carbonyl (C=O) groups is 1. The summed E-state index contributed by atoms with van der Waals surface area (Å²) < 4.78 is 21.1. The molecule has 5 heteroatoms. The lowest BCUT2D eigenvalue weighted by Gasteiger charge is -2.10. The lowest BCUT2D eigenvalue weighted by atomic mass is 10.1. The summed E-state index contributed by atoms with van der Waals surface area (Å²) in [7, 11) is 1.64. The Labute approximate surface area is 126 Å². The molecule has 21 heavy (non-hydrogen) atoms. The van der Waals surface area contributed by atoms with E-state index in [1.165, 1.54) is 0 Å². The lowest BCUT2D eigenvalue weighted by molar-refractivity contribution is 0.0179. The van der Waals surface area contributed by atoms with E-state index in [1.54, 1.807) is 20.1 Å². The van der Waals surface area contributed by atoms with Gasteiger partial charge in [-0.05, 0) is 37.6 Å². The maximum atomic E-state index is 11.3. The maximum Gasteiger partial charge on any atom is 0.159 e. The average Bonchev–Trinajstić information content (AvgIpc) is 2.46. The van der Waals surface area contributed by atoms with Crippen molar-refractivity contribution in [3.8, 4) is 5.75 Å². The number of methoxy groups -OCH3 is 1. The fourth-order valence-electron chi connectivity index (χ4n) is 1.71. The monoisotopic (exact) mass is 296 g/mol. The van der Waals surface area contributed by atoms with E-state index in [-0.39, 0.29) is 5.78 Å². The normalized spacial score (nSPS) is 10.6. The molecule has 1 aromatic carbocycles. The summed E-state index contributed by atoms with van der Waals surface area (Å²) in [5.41, 5.74) is 1.65. The van der Waals surface area contributed by atoms with Crippen LogP contribution in [0.15, 0.2) is 18.2 Å². The molecule has 0 bridgehead atoms. The second-order valence-corrected chi connectivity index (χ2v) is 4.60. The van der Waals surface area contributed by atoms with Gasteiger partial charge in [0.05, 0.1) is 33.0 Å². The van der Waals surface area contributed by atoms with Gasteiger partial charge < -0.3 is 18.9 Å². The van der Waals surface area contributed by atoms with Crippen LogP contribution in [0.2, 0.25) is 0 Å². The molecule has 0 aliphatic heterocycles. The second-order valence-electron chi connectivity index (χ2n) is 4.60. The Morgan fingerprint density at radius 2 is 1.62 bits per heavy atom. The third kappa shape index (κ3) is 7.22. The van der Waals surface area contributed by atoms with Gasteiger partial charge in [-0.2, -0.15) is 0 Å². The van der Waals surface area contributed by atoms with Crippen molar-refractivity contribution in [3.05, 3.63) is 29.3 Å². The van der Waals surface area contributed by atoms with Crippen LogP contribution in [0.5, 0.6) is 5.75 Å². The van der Waals surface area contributed by atoms with E-state index in [2.05, 4.69) is 0 Å². The topological polar surface area (TPSA) is 54.0 Å². The van der Waals surface area contributed by atoms with E-state index < -0.39 is 0 Å². The molecular weight excluding hydrogens is 272 g/mol. The number of ether oxygens (including phenoxy) is 4. The Bertz CT molecular complexity index is 431. The molecule has 0 aliphatic rings. The Hall–Kier alpha value is -1.43. The van der Waals surface area contributed by atoms with Gasteiger partial charge in [0, 0.05) is 12.7 Å². The summed E-state index contributed by atoms with van der Waals surface area (Å²) in [5, 5.41) is 0. The minimum atomic E-state index is 0.0569. The van der Waals surface area contributed by atoms with Crippen molar-refractivity contribution in [2.24, 2.45) is 0 Å². The van der Waals surface area contributed by atoms with Gasteiger partial charge in [0.15, 0.2) is 5.78 Å². The van der Waals surface area contributed by atoms with Gasteiger partial charge in [-0.1, -0.05) is 0 Å². The number of aryl methyl sites for hydroxylation is 1. The number of benzene rings is 1. The summed E-state index contributed by atoms with van der Waals surface area (Å²) in [6, 6.07) is 5.43. The van der Waals surface area contributed by atoms with Crippen LogP contribution < -0.4 is 4.74 Å². The average molecular weight is 296 g/mol. The van der Waals surface area contributed by atoms with Crippen LogP contribution in [-0.4, -0.2) is 52.5 Å². The lowest BCUT2D eigenvalue weighted by Crippen LogP contribution is -2.12. The van der Waals surface area contributed by atoms with Gasteiger partial charge in [0.1, 0.15) is 12.4 Å². The first-order valence-corrected chi connectivity index (χ1v) is 7.04. The molecule has 1 aromatic rings. The molecule has 0 spiro atoms. The minimum Gasteiger partial charge on any atom is -0.491 e. The molecule has 0 aliphatic carbocycles. The third-order valence-corrected chi connectivity index (χ3v) is 2.87. The molecule has 0 aromatic heterocycles. The van der Waals surface area contributed by atoms with E-state index in [0.29, 0.717) is 45.2 Å². The molecule has 0 unspecified atom stereocenters. The molecule has 118 valence electrons. The summed E-state index contributed by atoms with van der Waals surface area (Å²) in [4.78, 5) is 11.3. The van der Waals surface area contributed by atoms with Gasteiger partial charge in [-0.15, -0.1) is 0 Å². The van der Waals surface area contributed by atoms with Crippen molar-refractivity contribution in [2.75, 3.05) is 46.8 Å². The third-order valence-electron chi connectivity index (χ3n) is 2.87. The van der Waals surface area contributed by atoms with E-state index >= 15 is 0 Å². The number of Topliss-reactive ketones (excluding diaryl/α,β-unsaturated/α-hetero) is 1. The molecule has 0 saturated carbocycles. The van der Waals surface area contributed by atoms with E-state index in [0.717, 1.165) is 11.3 Å². The minimum absolute atomic E-state index is 0.0569. The molecule has 0 radical (unpaired) electrons. The molecule has 0 saturated heterocycles. The fraction of sp³-hybridized carbons (Fsp3) is 0.562. The maximum absolute atomic E-state index is 11.3. The highest BCUT2D eigenvalue weighted by Crippen LogP contribution is 2.19. The quantitative estimate of drug-likeness (QED) is 0.463. The first kappa shape index (κ1) is 17.6. The van der Waals surface area contributed by atoms with Crippen molar-refractivity contribution in [1.82, 2.24) is 0 Å². The summed E-state index contributed by atoms with van der Waals surface area (Å²) in [6.07, 6.45) is 0. The van der Waals surface area contributed by atoms with Crippen LogP contribution in [0.4, 0.5) is 0 Å². The number of carbonyl (C=O) groups excluding carboxylic acids is 1. The molecule has 1 rings (SSSR count). The van der Waals surface area contributed by atoms with Crippen molar-refractivity contribution in [3.63, 3.8) is 0 Å². The number of rotatable bonds is 11. The number of hydrogen-bond donors (Lipinski definition) is 0. The first-order chi connectivity index (χ1) is 10.1. The summed E-state index contributed by atoms with van der Waals surface area (Å²) in [6.45, 7) is 6.71. The Kier molecular flexibility index (Phi) is 8.66. The van der Waals surface area contributed by atoms with Crippen LogP contribution in [-0.2, 0) is 14.2 Å². The fourth-order valence-corrected chi connectivity index (χ4v) is 1.71. The Morgan fingerprint density at radius 3 is 2.19 bits per heavy atom. The van der Waals surface area contributed by atoms with Gasteiger partial charge in [0.25, 0.3) is 0 Å². The molecule has 0 amide bonds.